The molecule has 2 aromatic heterocycles. The number of nitrogens with one attached hydrogen (secondary N) is 1. The summed E-state index contributed by atoms with van der Waals surface area (Å²) in [4.78, 5) is 14.4. The van der Waals surface area contributed by atoms with E-state index in [9.17, 15) is 4.79 Å². The Balaban J connectivity index is 2.54. The Bertz CT molecular complexity index is 449. The summed E-state index contributed by atoms with van der Waals surface area (Å²) in [7, 11) is 0. The van der Waals surface area contributed by atoms with E-state index in [1.165, 1.54) is 0 Å². The molecule has 0 bridgehead atoms. The zero-order valence-corrected chi connectivity index (χ0v) is 6.64. The highest BCUT2D eigenvalue weighted by atomic mass is 16.4. The van der Waals surface area contributed by atoms with Crippen LogP contribution in [0, 0.1) is 0 Å². The zero-order chi connectivity index (χ0) is 9.26. The molecule has 0 aromatic carbocycles. The third-order valence-electron chi connectivity index (χ3n) is 1.66. The molecule has 66 valence electrons. The minimum absolute atomic E-state index is 0.486. The average Bonchev–Trinajstić information content (AvgIpc) is 2.51. The van der Waals surface area contributed by atoms with Crippen LogP contribution in [-0.2, 0) is 0 Å². The second kappa shape index (κ2) is 2.78. The van der Waals surface area contributed by atoms with Gasteiger partial charge in [-0.1, -0.05) is 0 Å². The van der Waals surface area contributed by atoms with Crippen LogP contribution in [0.3, 0.4) is 0 Å². The Hall–Kier alpha value is -2.04. The molecule has 0 radical (unpaired) electrons. The molecule has 0 aliphatic heterocycles. The number of rotatable bonds is 1. The van der Waals surface area contributed by atoms with Crippen molar-refractivity contribution in [2.24, 2.45) is 0 Å². The first-order valence-corrected chi connectivity index (χ1v) is 3.69. The van der Waals surface area contributed by atoms with Crippen LogP contribution in [0.2, 0.25) is 0 Å². The van der Waals surface area contributed by atoms with Gasteiger partial charge < -0.3 is 9.51 Å². The molecule has 13 heavy (non-hydrogen) atoms. The Kier molecular flexibility index (Phi) is 1.63. The van der Waals surface area contributed by atoms with Crippen molar-refractivity contribution in [3.8, 4) is 0 Å². The Morgan fingerprint density at radius 2 is 2.38 bits per heavy atom. The van der Waals surface area contributed by atoms with Crippen LogP contribution in [0.1, 0.15) is 0 Å². The Morgan fingerprint density at radius 3 is 3.15 bits per heavy atom. The van der Waals surface area contributed by atoms with Gasteiger partial charge in [0, 0.05) is 18.6 Å². The van der Waals surface area contributed by atoms with Crippen molar-refractivity contribution >= 4 is 17.4 Å². The molecule has 0 saturated heterocycles. The number of nitrogens with zero attached hydrogens (tertiary/aromatic N) is 2. The SMILES string of the molecule is O=C(O)Nc1cccn2ccnc12. The standard InChI is InChI=1S/C8H7N3O2/c12-8(13)10-6-2-1-4-11-5-3-9-7(6)11/h1-5,10H,(H,12,13). The van der Waals surface area contributed by atoms with E-state index in [0.29, 0.717) is 11.3 Å². The molecule has 0 saturated carbocycles. The van der Waals surface area contributed by atoms with Crippen LogP contribution in [-0.4, -0.2) is 20.6 Å². The molecule has 0 spiro atoms. The fourth-order valence-electron chi connectivity index (χ4n) is 1.16. The molecule has 0 fully saturated rings. The number of imidazole rings is 1. The maximum Gasteiger partial charge on any atom is 0.409 e. The summed E-state index contributed by atoms with van der Waals surface area (Å²) in [5.74, 6) is 0. The van der Waals surface area contributed by atoms with Gasteiger partial charge in [0.1, 0.15) is 0 Å². The fourth-order valence-corrected chi connectivity index (χ4v) is 1.16. The summed E-state index contributed by atoms with van der Waals surface area (Å²) in [6, 6.07) is 3.41. The number of pyridine rings is 1. The molecule has 1 amide bonds. The zero-order valence-electron chi connectivity index (χ0n) is 6.64. The molecule has 2 rings (SSSR count). The lowest BCUT2D eigenvalue weighted by Crippen LogP contribution is -2.08. The summed E-state index contributed by atoms with van der Waals surface area (Å²) < 4.78 is 1.74. The van der Waals surface area contributed by atoms with Crippen LogP contribution in [0.4, 0.5) is 10.5 Å². The highest BCUT2D eigenvalue weighted by molar-refractivity contribution is 5.88. The van der Waals surface area contributed by atoms with E-state index >= 15 is 0 Å². The van der Waals surface area contributed by atoms with Crippen molar-refractivity contribution in [2.45, 2.75) is 0 Å². The number of carboxylic acid groups (broad SMARTS) is 1. The van der Waals surface area contributed by atoms with E-state index in [1.54, 1.807) is 35.1 Å². The molecule has 0 aliphatic carbocycles. The molecule has 2 heterocycles. The van der Waals surface area contributed by atoms with E-state index in [2.05, 4.69) is 10.3 Å². The van der Waals surface area contributed by atoms with Crippen molar-refractivity contribution in [2.75, 3.05) is 5.32 Å². The Labute approximate surface area is 73.6 Å². The van der Waals surface area contributed by atoms with Crippen LogP contribution < -0.4 is 5.32 Å². The van der Waals surface area contributed by atoms with Gasteiger partial charge in [-0.05, 0) is 12.1 Å². The van der Waals surface area contributed by atoms with Crippen molar-refractivity contribution in [1.29, 1.82) is 0 Å². The van der Waals surface area contributed by atoms with Gasteiger partial charge in [0.25, 0.3) is 0 Å². The monoisotopic (exact) mass is 177 g/mol. The molecule has 2 N–H and O–H groups in total. The van der Waals surface area contributed by atoms with Gasteiger partial charge in [-0.25, -0.2) is 9.78 Å². The van der Waals surface area contributed by atoms with Crippen molar-refractivity contribution in [1.82, 2.24) is 9.38 Å². The molecule has 2 aromatic rings. The first kappa shape index (κ1) is 7.60. The maximum atomic E-state index is 10.4. The van der Waals surface area contributed by atoms with Gasteiger partial charge in [-0.2, -0.15) is 0 Å². The minimum Gasteiger partial charge on any atom is -0.465 e. The first-order chi connectivity index (χ1) is 6.27. The normalized spacial score (nSPS) is 10.2. The first-order valence-electron chi connectivity index (χ1n) is 3.69. The van der Waals surface area contributed by atoms with E-state index in [1.807, 2.05) is 0 Å². The van der Waals surface area contributed by atoms with Gasteiger partial charge in [0.2, 0.25) is 0 Å². The van der Waals surface area contributed by atoms with E-state index in [4.69, 9.17) is 5.11 Å². The second-order valence-electron chi connectivity index (χ2n) is 2.51. The number of amides is 1. The second-order valence-corrected chi connectivity index (χ2v) is 2.51. The van der Waals surface area contributed by atoms with Gasteiger partial charge in [-0.3, -0.25) is 5.32 Å². The minimum atomic E-state index is -1.09. The third kappa shape index (κ3) is 1.31. The van der Waals surface area contributed by atoms with Crippen LogP contribution >= 0.6 is 0 Å². The van der Waals surface area contributed by atoms with Crippen molar-refractivity contribution in [3.63, 3.8) is 0 Å². The van der Waals surface area contributed by atoms with Gasteiger partial charge in [0.05, 0.1) is 5.69 Å². The van der Waals surface area contributed by atoms with Crippen molar-refractivity contribution in [3.05, 3.63) is 30.7 Å². The molecule has 0 aliphatic rings. The summed E-state index contributed by atoms with van der Waals surface area (Å²) in [5, 5.41) is 10.8. The molecule has 5 nitrogen and oxygen atoms in total. The van der Waals surface area contributed by atoms with E-state index in [-0.39, 0.29) is 0 Å². The number of carbonyl (C=O) groups is 1. The summed E-state index contributed by atoms with van der Waals surface area (Å²) in [6.07, 6.45) is 4.08. The summed E-state index contributed by atoms with van der Waals surface area (Å²) >= 11 is 0. The summed E-state index contributed by atoms with van der Waals surface area (Å²) in [5.41, 5.74) is 1.09. The Morgan fingerprint density at radius 1 is 1.54 bits per heavy atom. The smallest absolute Gasteiger partial charge is 0.409 e. The lowest BCUT2D eigenvalue weighted by Gasteiger charge is -2.01. The molecular formula is C8H7N3O2. The lowest BCUT2D eigenvalue weighted by atomic mass is 10.4. The highest BCUT2D eigenvalue weighted by Gasteiger charge is 2.03. The van der Waals surface area contributed by atoms with Gasteiger partial charge in [0.15, 0.2) is 5.65 Å². The highest BCUT2D eigenvalue weighted by Crippen LogP contribution is 2.13. The van der Waals surface area contributed by atoms with Crippen LogP contribution in [0.25, 0.3) is 5.65 Å². The number of hydrogen-bond donors (Lipinski definition) is 2. The molecule has 5 heteroatoms. The van der Waals surface area contributed by atoms with Gasteiger partial charge >= 0.3 is 6.09 Å². The lowest BCUT2D eigenvalue weighted by molar-refractivity contribution is 0.210. The predicted octanol–water partition coefficient (Wildman–Crippen LogP) is 1.42. The van der Waals surface area contributed by atoms with Gasteiger partial charge in [-0.15, -0.1) is 0 Å². The molecule has 0 unspecified atom stereocenters. The maximum absolute atomic E-state index is 10.4. The molecular weight excluding hydrogens is 170 g/mol. The third-order valence-corrected chi connectivity index (χ3v) is 1.66. The van der Waals surface area contributed by atoms with E-state index in [0.717, 1.165) is 0 Å². The quantitative estimate of drug-likeness (QED) is 0.692. The summed E-state index contributed by atoms with van der Waals surface area (Å²) in [6.45, 7) is 0. The van der Waals surface area contributed by atoms with Crippen LogP contribution in [0.5, 0.6) is 0 Å². The van der Waals surface area contributed by atoms with Crippen LogP contribution in [0.15, 0.2) is 30.7 Å². The average molecular weight is 177 g/mol. The fraction of sp³-hybridized carbons (Fsp3) is 0. The topological polar surface area (TPSA) is 66.6 Å². The van der Waals surface area contributed by atoms with E-state index < -0.39 is 6.09 Å². The predicted molar refractivity (Wildman–Crippen MR) is 46.8 cm³/mol. The number of fused-ring (bicyclic) bond motifs is 1. The molecule has 0 atom stereocenters. The number of anilines is 1. The number of hydrogen-bond acceptors (Lipinski definition) is 2. The number of aromatic nitrogens is 2. The largest absolute Gasteiger partial charge is 0.465 e. The van der Waals surface area contributed by atoms with Crippen molar-refractivity contribution < 1.29 is 9.90 Å².